The van der Waals surface area contributed by atoms with Crippen LogP contribution in [0.25, 0.3) is 6.08 Å². The number of hydrogen-bond acceptors (Lipinski definition) is 6. The van der Waals surface area contributed by atoms with Gasteiger partial charge in [-0.15, -0.1) is 0 Å². The molecular formula is C16H16N2O6. The zero-order valence-corrected chi connectivity index (χ0v) is 13.2. The topological polar surface area (TPSA) is 107 Å². The van der Waals surface area contributed by atoms with Crippen molar-refractivity contribution in [3.8, 4) is 0 Å². The Morgan fingerprint density at radius 2 is 2.04 bits per heavy atom. The molecule has 1 aromatic carbocycles. The molecule has 0 radical (unpaired) electrons. The quantitative estimate of drug-likeness (QED) is 0.466. The smallest absolute Gasteiger partial charge is 0.414 e. The van der Waals surface area contributed by atoms with Gasteiger partial charge in [-0.3, -0.25) is 24.6 Å². The number of hydrogen-bond donors (Lipinski definition) is 0. The van der Waals surface area contributed by atoms with E-state index in [1.807, 2.05) is 0 Å². The normalized spacial score (nSPS) is 15.6. The third-order valence-corrected chi connectivity index (χ3v) is 3.66. The first kappa shape index (κ1) is 17.3. The number of Topliss-reactive ketones (excluding diaryl/α,β-unsaturated/α-hetero) is 2. The Labute approximate surface area is 137 Å². The molecular weight excluding hydrogens is 316 g/mol. The first-order chi connectivity index (χ1) is 11.3. The summed E-state index contributed by atoms with van der Waals surface area (Å²) in [6, 6.07) is 3.71. The lowest BCUT2D eigenvalue weighted by atomic mass is 9.91. The van der Waals surface area contributed by atoms with Crippen LogP contribution in [-0.2, 0) is 14.3 Å². The second kappa shape index (κ2) is 7.03. The maximum absolute atomic E-state index is 12.0. The number of nitro benzene ring substituents is 1. The number of ketones is 2. The number of benzene rings is 1. The van der Waals surface area contributed by atoms with E-state index in [1.165, 1.54) is 43.3 Å². The predicted octanol–water partition coefficient (Wildman–Crippen LogP) is 2.63. The standard InChI is InChI=1S/C16H16N2O6/c1-10(19)8-11(20)9-15-12-4-3-5-14(18(22)23)13(12)6-7-17(15)16(21)24-2/h3-7,15H,8-9H2,1-2H3. The minimum absolute atomic E-state index is 0.114. The van der Waals surface area contributed by atoms with Gasteiger partial charge in [0.15, 0.2) is 0 Å². The van der Waals surface area contributed by atoms with E-state index in [-0.39, 0.29) is 30.1 Å². The van der Waals surface area contributed by atoms with Crippen molar-refractivity contribution < 1.29 is 24.0 Å². The Morgan fingerprint density at radius 1 is 1.33 bits per heavy atom. The molecule has 8 heteroatoms. The van der Waals surface area contributed by atoms with Crippen LogP contribution in [0.5, 0.6) is 0 Å². The first-order valence-electron chi connectivity index (χ1n) is 7.18. The summed E-state index contributed by atoms with van der Waals surface area (Å²) in [6.45, 7) is 1.30. The van der Waals surface area contributed by atoms with Crippen LogP contribution < -0.4 is 0 Å². The van der Waals surface area contributed by atoms with E-state index < -0.39 is 17.1 Å². The van der Waals surface area contributed by atoms with Gasteiger partial charge in [-0.1, -0.05) is 12.1 Å². The van der Waals surface area contributed by atoms with Crippen molar-refractivity contribution in [3.63, 3.8) is 0 Å². The van der Waals surface area contributed by atoms with Gasteiger partial charge >= 0.3 is 6.09 Å². The van der Waals surface area contributed by atoms with Gasteiger partial charge in [0.25, 0.3) is 5.69 Å². The van der Waals surface area contributed by atoms with Crippen molar-refractivity contribution in [1.82, 2.24) is 4.90 Å². The Bertz CT molecular complexity index is 740. The van der Waals surface area contributed by atoms with Crippen LogP contribution in [0.1, 0.15) is 36.9 Å². The number of ether oxygens (including phenoxy) is 1. The van der Waals surface area contributed by atoms with Gasteiger partial charge < -0.3 is 4.74 Å². The molecule has 1 atom stereocenters. The van der Waals surface area contributed by atoms with E-state index in [9.17, 15) is 24.5 Å². The van der Waals surface area contributed by atoms with Crippen LogP contribution in [-0.4, -0.2) is 34.6 Å². The molecule has 0 saturated heterocycles. The summed E-state index contributed by atoms with van der Waals surface area (Å²) < 4.78 is 4.70. The number of amides is 1. The van der Waals surface area contributed by atoms with Gasteiger partial charge in [0, 0.05) is 18.7 Å². The Balaban J connectivity index is 2.46. The van der Waals surface area contributed by atoms with Crippen molar-refractivity contribution in [1.29, 1.82) is 0 Å². The van der Waals surface area contributed by atoms with Crippen molar-refractivity contribution in [3.05, 3.63) is 45.6 Å². The third-order valence-electron chi connectivity index (χ3n) is 3.66. The van der Waals surface area contributed by atoms with Crippen molar-refractivity contribution in [2.24, 2.45) is 0 Å². The van der Waals surface area contributed by atoms with E-state index >= 15 is 0 Å². The molecule has 1 aliphatic heterocycles. The fourth-order valence-electron chi connectivity index (χ4n) is 2.68. The SMILES string of the molecule is COC(=O)N1C=Cc2c(cccc2[N+](=O)[O-])C1CC(=O)CC(C)=O. The molecule has 1 aliphatic rings. The van der Waals surface area contributed by atoms with E-state index in [0.717, 1.165) is 0 Å². The van der Waals surface area contributed by atoms with Crippen molar-refractivity contribution in [2.45, 2.75) is 25.8 Å². The average molecular weight is 332 g/mol. The monoisotopic (exact) mass is 332 g/mol. The van der Waals surface area contributed by atoms with Crippen molar-refractivity contribution >= 4 is 29.4 Å². The molecule has 24 heavy (non-hydrogen) atoms. The summed E-state index contributed by atoms with van der Waals surface area (Å²) in [4.78, 5) is 47.0. The Kier molecular flexibility index (Phi) is 5.08. The molecule has 8 nitrogen and oxygen atoms in total. The maximum atomic E-state index is 12.0. The van der Waals surface area contributed by atoms with E-state index in [2.05, 4.69) is 0 Å². The van der Waals surface area contributed by atoms with Crippen LogP contribution >= 0.6 is 0 Å². The van der Waals surface area contributed by atoms with Gasteiger partial charge in [0.2, 0.25) is 0 Å². The summed E-state index contributed by atoms with van der Waals surface area (Å²) in [5.41, 5.74) is 0.689. The number of carbonyl (C=O) groups excluding carboxylic acids is 3. The lowest BCUT2D eigenvalue weighted by Gasteiger charge is -2.31. The number of nitro groups is 1. The Hall–Kier alpha value is -3.03. The summed E-state index contributed by atoms with van der Waals surface area (Å²) in [6.07, 6.45) is 1.72. The summed E-state index contributed by atoms with van der Waals surface area (Å²) in [5.74, 6) is -0.635. The molecule has 0 aliphatic carbocycles. The average Bonchev–Trinajstić information content (AvgIpc) is 2.52. The minimum atomic E-state index is -0.760. The fraction of sp³-hybridized carbons (Fsp3) is 0.312. The molecule has 1 heterocycles. The van der Waals surface area contributed by atoms with E-state index in [1.54, 1.807) is 6.07 Å². The Morgan fingerprint density at radius 3 is 2.62 bits per heavy atom. The van der Waals surface area contributed by atoms with E-state index in [0.29, 0.717) is 11.1 Å². The molecule has 1 unspecified atom stereocenters. The van der Waals surface area contributed by atoms with Gasteiger partial charge in [0.1, 0.15) is 11.6 Å². The highest BCUT2D eigenvalue weighted by Gasteiger charge is 2.33. The second-order valence-electron chi connectivity index (χ2n) is 5.37. The highest BCUT2D eigenvalue weighted by atomic mass is 16.6. The van der Waals surface area contributed by atoms with Crippen LogP contribution in [0.2, 0.25) is 0 Å². The molecule has 0 aromatic heterocycles. The van der Waals surface area contributed by atoms with Gasteiger partial charge in [-0.25, -0.2) is 4.79 Å². The zero-order valence-electron chi connectivity index (χ0n) is 13.2. The van der Waals surface area contributed by atoms with Crippen LogP contribution in [0.15, 0.2) is 24.4 Å². The lowest BCUT2D eigenvalue weighted by molar-refractivity contribution is -0.385. The predicted molar refractivity (Wildman–Crippen MR) is 84.0 cm³/mol. The number of carbonyl (C=O) groups is 3. The highest BCUT2D eigenvalue weighted by molar-refractivity contribution is 5.98. The molecule has 0 N–H and O–H groups in total. The zero-order chi connectivity index (χ0) is 17.9. The highest BCUT2D eigenvalue weighted by Crippen LogP contribution is 2.37. The first-order valence-corrected chi connectivity index (χ1v) is 7.18. The van der Waals surface area contributed by atoms with Crippen LogP contribution in [0.3, 0.4) is 0 Å². The minimum Gasteiger partial charge on any atom is -0.452 e. The molecule has 0 saturated carbocycles. The summed E-state index contributed by atoms with van der Waals surface area (Å²) >= 11 is 0. The third kappa shape index (κ3) is 3.48. The molecule has 0 fully saturated rings. The van der Waals surface area contributed by atoms with Gasteiger partial charge in [-0.2, -0.15) is 0 Å². The second-order valence-corrected chi connectivity index (χ2v) is 5.37. The largest absolute Gasteiger partial charge is 0.452 e. The van der Waals surface area contributed by atoms with Crippen LogP contribution in [0, 0.1) is 10.1 Å². The lowest BCUT2D eigenvalue weighted by Crippen LogP contribution is -2.34. The number of methoxy groups -OCH3 is 1. The molecule has 1 aromatic rings. The molecule has 2 rings (SSSR count). The molecule has 1 amide bonds. The maximum Gasteiger partial charge on any atom is 0.414 e. The number of nitrogens with zero attached hydrogens (tertiary/aromatic N) is 2. The number of fused-ring (bicyclic) bond motifs is 1. The summed E-state index contributed by atoms with van der Waals surface area (Å²) in [5, 5.41) is 11.2. The fourth-order valence-corrected chi connectivity index (χ4v) is 2.68. The molecule has 0 bridgehead atoms. The molecule has 126 valence electrons. The molecule has 0 spiro atoms. The van der Waals surface area contributed by atoms with Gasteiger partial charge in [-0.05, 0) is 18.6 Å². The summed E-state index contributed by atoms with van der Waals surface area (Å²) in [7, 11) is 1.20. The van der Waals surface area contributed by atoms with Crippen LogP contribution in [0.4, 0.5) is 10.5 Å². The number of rotatable bonds is 5. The van der Waals surface area contributed by atoms with Gasteiger partial charge in [0.05, 0.1) is 30.1 Å². The van der Waals surface area contributed by atoms with E-state index in [4.69, 9.17) is 4.74 Å². The van der Waals surface area contributed by atoms with Crippen molar-refractivity contribution in [2.75, 3.05) is 7.11 Å².